The molecule has 1 fully saturated rings. The highest BCUT2D eigenvalue weighted by Crippen LogP contribution is 2.35. The SMILES string of the molecule is COc1ccc(C2(C)NC(=O)N(CC(=O)NCCc3ccc4c(c3)OCCO4)C2=O)cc1OC. The van der Waals surface area contributed by atoms with Crippen molar-refractivity contribution in [1.82, 2.24) is 15.5 Å². The van der Waals surface area contributed by atoms with Crippen molar-refractivity contribution in [2.75, 3.05) is 40.5 Å². The Balaban J connectivity index is 1.36. The fourth-order valence-corrected chi connectivity index (χ4v) is 3.97. The summed E-state index contributed by atoms with van der Waals surface area (Å²) in [7, 11) is 3.00. The maximum Gasteiger partial charge on any atom is 0.325 e. The van der Waals surface area contributed by atoms with Crippen LogP contribution in [0, 0.1) is 0 Å². The number of nitrogens with zero attached hydrogens (tertiary/aromatic N) is 1. The zero-order valence-electron chi connectivity index (χ0n) is 19.3. The Labute approximate surface area is 197 Å². The summed E-state index contributed by atoms with van der Waals surface area (Å²) in [5, 5.41) is 5.45. The molecule has 2 aromatic rings. The molecule has 1 unspecified atom stereocenters. The van der Waals surface area contributed by atoms with Crippen molar-refractivity contribution in [2.45, 2.75) is 18.9 Å². The molecule has 180 valence electrons. The lowest BCUT2D eigenvalue weighted by molar-refractivity contribution is -0.134. The molecule has 10 heteroatoms. The van der Waals surface area contributed by atoms with Crippen LogP contribution in [0.15, 0.2) is 36.4 Å². The number of rotatable bonds is 8. The van der Waals surface area contributed by atoms with Gasteiger partial charge >= 0.3 is 6.03 Å². The van der Waals surface area contributed by atoms with E-state index in [1.54, 1.807) is 25.1 Å². The van der Waals surface area contributed by atoms with Crippen molar-refractivity contribution in [2.24, 2.45) is 0 Å². The van der Waals surface area contributed by atoms with Gasteiger partial charge in [0, 0.05) is 6.54 Å². The minimum atomic E-state index is -1.33. The quantitative estimate of drug-likeness (QED) is 0.565. The Morgan fingerprint density at radius 1 is 1.06 bits per heavy atom. The fourth-order valence-electron chi connectivity index (χ4n) is 3.97. The number of carbonyl (C=O) groups excluding carboxylic acids is 3. The van der Waals surface area contributed by atoms with Crippen LogP contribution in [0.25, 0.3) is 0 Å². The number of benzene rings is 2. The number of hydrogen-bond acceptors (Lipinski definition) is 7. The lowest BCUT2D eigenvalue weighted by Crippen LogP contribution is -2.43. The zero-order valence-corrected chi connectivity index (χ0v) is 19.3. The highest BCUT2D eigenvalue weighted by atomic mass is 16.6. The molecule has 2 aliphatic heterocycles. The van der Waals surface area contributed by atoms with Crippen LogP contribution in [0.3, 0.4) is 0 Å². The van der Waals surface area contributed by atoms with Crippen molar-refractivity contribution >= 4 is 17.8 Å². The highest BCUT2D eigenvalue weighted by molar-refractivity contribution is 6.09. The smallest absolute Gasteiger partial charge is 0.325 e. The van der Waals surface area contributed by atoms with Crippen molar-refractivity contribution in [3.8, 4) is 23.0 Å². The van der Waals surface area contributed by atoms with Gasteiger partial charge in [-0.3, -0.25) is 14.5 Å². The van der Waals surface area contributed by atoms with Crippen LogP contribution in [-0.4, -0.2) is 63.3 Å². The largest absolute Gasteiger partial charge is 0.493 e. The molecule has 1 atom stereocenters. The van der Waals surface area contributed by atoms with Gasteiger partial charge in [0.2, 0.25) is 5.91 Å². The Kier molecular flexibility index (Phi) is 6.49. The van der Waals surface area contributed by atoms with Crippen LogP contribution < -0.4 is 29.6 Å². The molecule has 10 nitrogen and oxygen atoms in total. The molecule has 0 aliphatic carbocycles. The van der Waals surface area contributed by atoms with E-state index in [0.717, 1.165) is 10.5 Å². The first-order valence-electron chi connectivity index (χ1n) is 10.9. The first kappa shape index (κ1) is 23.2. The summed E-state index contributed by atoms with van der Waals surface area (Å²) in [4.78, 5) is 39.1. The van der Waals surface area contributed by atoms with Crippen LogP contribution in [0.5, 0.6) is 23.0 Å². The van der Waals surface area contributed by atoms with Gasteiger partial charge in [0.25, 0.3) is 5.91 Å². The summed E-state index contributed by atoms with van der Waals surface area (Å²) >= 11 is 0. The summed E-state index contributed by atoms with van der Waals surface area (Å²) < 4.78 is 21.6. The van der Waals surface area contributed by atoms with E-state index in [0.29, 0.717) is 54.7 Å². The van der Waals surface area contributed by atoms with Gasteiger partial charge in [-0.2, -0.15) is 0 Å². The Bertz CT molecular complexity index is 1120. The van der Waals surface area contributed by atoms with E-state index in [9.17, 15) is 14.4 Å². The minimum absolute atomic E-state index is 0.342. The van der Waals surface area contributed by atoms with Crippen LogP contribution in [0.1, 0.15) is 18.1 Å². The molecule has 0 bridgehead atoms. The van der Waals surface area contributed by atoms with E-state index in [2.05, 4.69) is 10.6 Å². The second kappa shape index (κ2) is 9.50. The Hall–Kier alpha value is -3.95. The molecule has 0 spiro atoms. The first-order valence-corrected chi connectivity index (χ1v) is 10.9. The maximum atomic E-state index is 13.1. The van der Waals surface area contributed by atoms with Gasteiger partial charge in [0.15, 0.2) is 23.0 Å². The van der Waals surface area contributed by atoms with Crippen molar-refractivity contribution in [3.63, 3.8) is 0 Å². The molecule has 0 saturated carbocycles. The van der Waals surface area contributed by atoms with E-state index >= 15 is 0 Å². The number of amides is 4. The summed E-state index contributed by atoms with van der Waals surface area (Å²) in [6.45, 7) is 2.58. The molecule has 0 radical (unpaired) electrons. The van der Waals surface area contributed by atoms with Crippen molar-refractivity contribution < 1.29 is 33.3 Å². The van der Waals surface area contributed by atoms with Gasteiger partial charge in [0.1, 0.15) is 25.3 Å². The summed E-state index contributed by atoms with van der Waals surface area (Å²) in [5.41, 5.74) is 0.160. The molecule has 2 heterocycles. The van der Waals surface area contributed by atoms with E-state index in [1.165, 1.54) is 14.2 Å². The Morgan fingerprint density at radius 2 is 1.79 bits per heavy atom. The predicted molar refractivity (Wildman–Crippen MR) is 121 cm³/mol. The van der Waals surface area contributed by atoms with Gasteiger partial charge in [-0.15, -0.1) is 0 Å². The number of urea groups is 1. The van der Waals surface area contributed by atoms with Crippen LogP contribution >= 0.6 is 0 Å². The molecule has 2 aromatic carbocycles. The van der Waals surface area contributed by atoms with Gasteiger partial charge in [0.05, 0.1) is 14.2 Å². The van der Waals surface area contributed by atoms with Crippen molar-refractivity contribution in [3.05, 3.63) is 47.5 Å². The second-order valence-electron chi connectivity index (χ2n) is 8.09. The Morgan fingerprint density at radius 3 is 2.53 bits per heavy atom. The van der Waals surface area contributed by atoms with Gasteiger partial charge < -0.3 is 29.6 Å². The number of hydrogen-bond donors (Lipinski definition) is 2. The average Bonchev–Trinajstić information content (AvgIpc) is 3.07. The lowest BCUT2D eigenvalue weighted by Gasteiger charge is -2.23. The number of fused-ring (bicyclic) bond motifs is 1. The van der Waals surface area contributed by atoms with Crippen molar-refractivity contribution in [1.29, 1.82) is 0 Å². The molecule has 4 amide bonds. The minimum Gasteiger partial charge on any atom is -0.493 e. The monoisotopic (exact) mass is 469 g/mol. The van der Waals surface area contributed by atoms with Gasteiger partial charge in [-0.1, -0.05) is 12.1 Å². The molecule has 1 saturated heterocycles. The molecule has 4 rings (SSSR count). The molecule has 2 aliphatic rings. The number of ether oxygens (including phenoxy) is 4. The van der Waals surface area contributed by atoms with E-state index in [4.69, 9.17) is 18.9 Å². The van der Waals surface area contributed by atoms with Gasteiger partial charge in [-0.25, -0.2) is 4.79 Å². The number of nitrogens with one attached hydrogen (secondary N) is 2. The fraction of sp³-hybridized carbons (Fsp3) is 0.375. The standard InChI is InChI=1S/C24H27N3O7/c1-24(16-5-7-17(31-2)19(13-16)32-3)22(29)27(23(30)26-24)14-21(28)25-9-8-15-4-6-18-20(12-15)34-11-10-33-18/h4-7,12-13H,8-11,14H2,1-3H3,(H,25,28)(H,26,30). The summed E-state index contributed by atoms with van der Waals surface area (Å²) in [6.07, 6.45) is 0.561. The first-order chi connectivity index (χ1) is 16.4. The normalized spacial score (nSPS) is 19.0. The number of imide groups is 1. The zero-order chi connectivity index (χ0) is 24.3. The topological polar surface area (TPSA) is 115 Å². The average molecular weight is 469 g/mol. The molecule has 2 N–H and O–H groups in total. The molecular weight excluding hydrogens is 442 g/mol. The third kappa shape index (κ3) is 4.43. The van der Waals surface area contributed by atoms with Crippen LogP contribution in [-0.2, 0) is 21.5 Å². The van der Waals surface area contributed by atoms with E-state index in [-0.39, 0.29) is 6.54 Å². The number of carbonyl (C=O) groups is 3. The van der Waals surface area contributed by atoms with Crippen LogP contribution in [0.4, 0.5) is 4.79 Å². The molecular formula is C24H27N3O7. The summed E-state index contributed by atoms with van der Waals surface area (Å²) in [5.74, 6) is 1.36. The highest BCUT2D eigenvalue weighted by Gasteiger charge is 2.49. The van der Waals surface area contributed by atoms with E-state index in [1.807, 2.05) is 18.2 Å². The van der Waals surface area contributed by atoms with Crippen LogP contribution in [0.2, 0.25) is 0 Å². The maximum absolute atomic E-state index is 13.1. The molecule has 0 aromatic heterocycles. The second-order valence-corrected chi connectivity index (χ2v) is 8.09. The van der Waals surface area contributed by atoms with Gasteiger partial charge in [-0.05, 0) is 48.7 Å². The third-order valence-electron chi connectivity index (χ3n) is 5.88. The predicted octanol–water partition coefficient (Wildman–Crippen LogP) is 1.60. The summed E-state index contributed by atoms with van der Waals surface area (Å²) in [6, 6.07) is 9.96. The van der Waals surface area contributed by atoms with E-state index < -0.39 is 23.4 Å². The molecule has 34 heavy (non-hydrogen) atoms. The lowest BCUT2D eigenvalue weighted by atomic mass is 9.91. The third-order valence-corrected chi connectivity index (χ3v) is 5.88. The number of methoxy groups -OCH3 is 2.